The Morgan fingerprint density at radius 2 is 1.95 bits per heavy atom. The van der Waals surface area contributed by atoms with Crippen LogP contribution in [0.4, 0.5) is 0 Å². The number of fused-ring (bicyclic) bond motifs is 1. The van der Waals surface area contributed by atoms with E-state index >= 15 is 0 Å². The lowest BCUT2D eigenvalue weighted by Crippen LogP contribution is -2.37. The molecule has 2 unspecified atom stereocenters. The van der Waals surface area contributed by atoms with Crippen molar-refractivity contribution in [3.8, 4) is 0 Å². The standard InChI is InChI=1S/C17H26N4O/c1-20-9-14(6-19-20)15-7-18-8-16(15)17(22)21-10-12-4-2-3-5-13(12)11-21/h6,9,12-13,15-16,18H,2-5,7-8,10-11H2,1H3/t12?,13?,15-,16+/m1/s1. The van der Waals surface area contributed by atoms with Crippen molar-refractivity contribution in [2.75, 3.05) is 26.2 Å². The number of carbonyl (C=O) groups excluding carboxylic acids is 1. The number of nitrogens with zero attached hydrogens (tertiary/aromatic N) is 3. The second-order valence-corrected chi connectivity index (χ2v) is 7.37. The van der Waals surface area contributed by atoms with Gasteiger partial charge in [0.05, 0.1) is 12.1 Å². The first-order valence-corrected chi connectivity index (χ1v) is 8.70. The molecule has 1 N–H and O–H groups in total. The van der Waals surface area contributed by atoms with Crippen molar-refractivity contribution in [1.29, 1.82) is 0 Å². The van der Waals surface area contributed by atoms with Crippen LogP contribution in [0.3, 0.4) is 0 Å². The molecule has 1 aromatic heterocycles. The minimum atomic E-state index is 0.0874. The molecule has 22 heavy (non-hydrogen) atoms. The summed E-state index contributed by atoms with van der Waals surface area (Å²) in [6, 6.07) is 0. The van der Waals surface area contributed by atoms with Gasteiger partial charge in [-0.25, -0.2) is 0 Å². The molecule has 1 aliphatic carbocycles. The molecule has 4 atom stereocenters. The highest BCUT2D eigenvalue weighted by molar-refractivity contribution is 5.81. The zero-order chi connectivity index (χ0) is 15.1. The summed E-state index contributed by atoms with van der Waals surface area (Å²) >= 11 is 0. The van der Waals surface area contributed by atoms with Crippen LogP contribution >= 0.6 is 0 Å². The van der Waals surface area contributed by atoms with Crippen LogP contribution in [0.15, 0.2) is 12.4 Å². The van der Waals surface area contributed by atoms with Crippen LogP contribution in [0.1, 0.15) is 37.2 Å². The third-order valence-electron chi connectivity index (χ3n) is 5.97. The molecule has 4 rings (SSSR count). The summed E-state index contributed by atoms with van der Waals surface area (Å²) in [5.41, 5.74) is 1.20. The molecule has 2 saturated heterocycles. The first-order valence-electron chi connectivity index (χ1n) is 8.70. The number of carbonyl (C=O) groups is 1. The minimum absolute atomic E-state index is 0.0874. The van der Waals surface area contributed by atoms with Gasteiger partial charge in [0.15, 0.2) is 0 Å². The van der Waals surface area contributed by atoms with Gasteiger partial charge in [0.2, 0.25) is 5.91 Å². The predicted octanol–water partition coefficient (Wildman–Crippen LogP) is 1.37. The Morgan fingerprint density at radius 1 is 1.23 bits per heavy atom. The summed E-state index contributed by atoms with van der Waals surface area (Å²) in [6.07, 6.45) is 9.33. The molecule has 1 saturated carbocycles. The molecule has 1 amide bonds. The summed E-state index contributed by atoms with van der Waals surface area (Å²) in [4.78, 5) is 15.2. The monoisotopic (exact) mass is 302 g/mol. The summed E-state index contributed by atoms with van der Waals surface area (Å²) in [6.45, 7) is 3.70. The average molecular weight is 302 g/mol. The van der Waals surface area contributed by atoms with Crippen molar-refractivity contribution < 1.29 is 4.79 Å². The van der Waals surface area contributed by atoms with Gasteiger partial charge in [0.25, 0.3) is 0 Å². The number of rotatable bonds is 2. The topological polar surface area (TPSA) is 50.2 Å². The van der Waals surface area contributed by atoms with Crippen LogP contribution < -0.4 is 5.32 Å². The molecule has 5 nitrogen and oxygen atoms in total. The first-order chi connectivity index (χ1) is 10.7. The Bertz CT molecular complexity index is 541. The number of likely N-dealkylation sites (tertiary alicyclic amines) is 1. The molecular formula is C17H26N4O. The van der Waals surface area contributed by atoms with Crippen LogP contribution in [0.5, 0.6) is 0 Å². The molecular weight excluding hydrogens is 276 g/mol. The van der Waals surface area contributed by atoms with E-state index in [4.69, 9.17) is 0 Å². The third-order valence-corrected chi connectivity index (χ3v) is 5.97. The van der Waals surface area contributed by atoms with Crippen LogP contribution in [0.2, 0.25) is 0 Å². The molecule has 1 aromatic rings. The molecule has 0 spiro atoms. The summed E-state index contributed by atoms with van der Waals surface area (Å²) in [5.74, 6) is 2.27. The van der Waals surface area contributed by atoms with E-state index in [0.717, 1.165) is 38.0 Å². The summed E-state index contributed by atoms with van der Waals surface area (Å²) < 4.78 is 1.83. The lowest BCUT2D eigenvalue weighted by Gasteiger charge is -2.24. The third kappa shape index (κ3) is 2.45. The number of amides is 1. The van der Waals surface area contributed by atoms with Crippen LogP contribution in [-0.4, -0.2) is 46.8 Å². The van der Waals surface area contributed by atoms with Crippen molar-refractivity contribution in [3.63, 3.8) is 0 Å². The van der Waals surface area contributed by atoms with Gasteiger partial charge in [-0.1, -0.05) is 12.8 Å². The van der Waals surface area contributed by atoms with Crippen molar-refractivity contribution in [2.24, 2.45) is 24.8 Å². The Labute approximate surface area is 132 Å². The molecule has 0 radical (unpaired) electrons. The Hall–Kier alpha value is -1.36. The number of hydrogen-bond donors (Lipinski definition) is 1. The quantitative estimate of drug-likeness (QED) is 0.898. The zero-order valence-electron chi connectivity index (χ0n) is 13.4. The van der Waals surface area contributed by atoms with Crippen molar-refractivity contribution >= 4 is 5.91 Å². The second kappa shape index (κ2) is 5.69. The van der Waals surface area contributed by atoms with Gasteiger partial charge in [-0.05, 0) is 30.2 Å². The summed E-state index contributed by atoms with van der Waals surface area (Å²) in [7, 11) is 1.94. The van der Waals surface area contributed by atoms with E-state index in [9.17, 15) is 4.79 Å². The Balaban J connectivity index is 1.47. The van der Waals surface area contributed by atoms with E-state index in [1.165, 1.54) is 31.2 Å². The number of nitrogens with one attached hydrogen (secondary N) is 1. The highest BCUT2D eigenvalue weighted by Gasteiger charge is 2.42. The van der Waals surface area contributed by atoms with Gasteiger partial charge in [0.1, 0.15) is 0 Å². The van der Waals surface area contributed by atoms with Crippen molar-refractivity contribution in [1.82, 2.24) is 20.0 Å². The SMILES string of the molecule is Cn1cc([C@H]2CNC[C@@H]2C(=O)N2CC3CCCCC3C2)cn1. The fourth-order valence-corrected chi connectivity index (χ4v) is 4.74. The molecule has 3 aliphatic rings. The van der Waals surface area contributed by atoms with Gasteiger partial charge in [-0.15, -0.1) is 0 Å². The largest absolute Gasteiger partial charge is 0.342 e. The molecule has 2 aliphatic heterocycles. The lowest BCUT2D eigenvalue weighted by atomic mass is 9.82. The van der Waals surface area contributed by atoms with Gasteiger partial charge < -0.3 is 10.2 Å². The van der Waals surface area contributed by atoms with E-state index in [-0.39, 0.29) is 11.8 Å². The summed E-state index contributed by atoms with van der Waals surface area (Å²) in [5, 5.41) is 7.69. The minimum Gasteiger partial charge on any atom is -0.342 e. The van der Waals surface area contributed by atoms with Gasteiger partial charge in [-0.2, -0.15) is 5.10 Å². The fourth-order valence-electron chi connectivity index (χ4n) is 4.74. The van der Waals surface area contributed by atoms with Crippen LogP contribution in [0.25, 0.3) is 0 Å². The van der Waals surface area contributed by atoms with Gasteiger partial charge in [0, 0.05) is 45.3 Å². The molecule has 5 heteroatoms. The molecule has 3 fully saturated rings. The van der Waals surface area contributed by atoms with Crippen molar-refractivity contribution in [3.05, 3.63) is 18.0 Å². The van der Waals surface area contributed by atoms with E-state index in [1.807, 2.05) is 17.9 Å². The van der Waals surface area contributed by atoms with E-state index < -0.39 is 0 Å². The highest BCUT2D eigenvalue weighted by atomic mass is 16.2. The smallest absolute Gasteiger partial charge is 0.227 e. The predicted molar refractivity (Wildman–Crippen MR) is 84.3 cm³/mol. The first kappa shape index (κ1) is 14.2. The number of aryl methyl sites for hydroxylation is 1. The lowest BCUT2D eigenvalue weighted by molar-refractivity contribution is -0.134. The zero-order valence-corrected chi connectivity index (χ0v) is 13.4. The number of aromatic nitrogens is 2. The second-order valence-electron chi connectivity index (χ2n) is 7.37. The highest BCUT2D eigenvalue weighted by Crippen LogP contribution is 2.38. The molecule has 0 aromatic carbocycles. The van der Waals surface area contributed by atoms with E-state index in [0.29, 0.717) is 5.91 Å². The molecule has 0 bridgehead atoms. The van der Waals surface area contributed by atoms with Crippen LogP contribution in [-0.2, 0) is 11.8 Å². The van der Waals surface area contributed by atoms with Crippen molar-refractivity contribution in [2.45, 2.75) is 31.6 Å². The van der Waals surface area contributed by atoms with E-state index in [2.05, 4.69) is 21.5 Å². The Morgan fingerprint density at radius 3 is 2.59 bits per heavy atom. The van der Waals surface area contributed by atoms with Crippen LogP contribution in [0, 0.1) is 17.8 Å². The fraction of sp³-hybridized carbons (Fsp3) is 0.765. The van der Waals surface area contributed by atoms with Gasteiger partial charge in [-0.3, -0.25) is 9.48 Å². The maximum absolute atomic E-state index is 13.0. The molecule has 3 heterocycles. The maximum Gasteiger partial charge on any atom is 0.227 e. The Kier molecular flexibility index (Phi) is 3.68. The van der Waals surface area contributed by atoms with E-state index in [1.54, 1.807) is 0 Å². The number of hydrogen-bond acceptors (Lipinski definition) is 3. The normalized spacial score (nSPS) is 34.9. The maximum atomic E-state index is 13.0. The molecule has 120 valence electrons. The van der Waals surface area contributed by atoms with Gasteiger partial charge >= 0.3 is 0 Å². The average Bonchev–Trinajstić information content (AvgIpc) is 3.24.